The first-order valence-electron chi connectivity index (χ1n) is 8.85. The second kappa shape index (κ2) is 8.20. The number of pyridine rings is 1. The lowest BCUT2D eigenvalue weighted by atomic mass is 10.1. The predicted molar refractivity (Wildman–Crippen MR) is 109 cm³/mol. The van der Waals surface area contributed by atoms with Crippen LogP contribution in [0.1, 0.15) is 11.3 Å². The molecule has 8 heteroatoms. The summed E-state index contributed by atoms with van der Waals surface area (Å²) in [6, 6.07) is 14.5. The molecule has 3 heterocycles. The van der Waals surface area contributed by atoms with E-state index in [2.05, 4.69) is 25.4 Å². The van der Waals surface area contributed by atoms with Crippen LogP contribution in [-0.4, -0.2) is 26.0 Å². The van der Waals surface area contributed by atoms with Crippen molar-refractivity contribution >= 4 is 23.4 Å². The van der Waals surface area contributed by atoms with Crippen LogP contribution in [0.25, 0.3) is 22.6 Å². The van der Waals surface area contributed by atoms with Crippen LogP contribution >= 0.6 is 11.6 Å². The quantitative estimate of drug-likeness (QED) is 0.531. The minimum atomic E-state index is -0.284. The Bertz CT molecular complexity index is 1160. The molecule has 0 bridgehead atoms. The molecule has 0 atom stereocenters. The van der Waals surface area contributed by atoms with Crippen LogP contribution in [0, 0.1) is 6.92 Å². The molecule has 0 spiro atoms. The molecule has 0 radical (unpaired) electrons. The number of halogens is 1. The molecular formula is C21H16ClN5O2. The van der Waals surface area contributed by atoms with Gasteiger partial charge in [0.2, 0.25) is 11.8 Å². The maximum Gasteiger partial charge on any atom is 0.241 e. The lowest BCUT2D eigenvalue weighted by molar-refractivity contribution is -0.115. The smallest absolute Gasteiger partial charge is 0.241 e. The van der Waals surface area contributed by atoms with E-state index in [9.17, 15) is 4.79 Å². The number of rotatable bonds is 5. The average Bonchev–Trinajstić information content (AvgIpc) is 3.14. The van der Waals surface area contributed by atoms with Crippen molar-refractivity contribution in [3.05, 3.63) is 77.3 Å². The van der Waals surface area contributed by atoms with Gasteiger partial charge in [-0.25, -0.2) is 9.97 Å². The lowest BCUT2D eigenvalue weighted by Crippen LogP contribution is -2.14. The molecule has 0 saturated carbocycles. The van der Waals surface area contributed by atoms with E-state index in [1.54, 1.807) is 24.4 Å². The number of carbonyl (C=O) groups is 1. The highest BCUT2D eigenvalue weighted by Crippen LogP contribution is 2.36. The van der Waals surface area contributed by atoms with Crippen molar-refractivity contribution in [2.45, 2.75) is 13.3 Å². The monoisotopic (exact) mass is 405 g/mol. The minimum Gasteiger partial charge on any atom is -0.337 e. The molecule has 29 heavy (non-hydrogen) atoms. The van der Waals surface area contributed by atoms with Gasteiger partial charge in [-0.05, 0) is 36.8 Å². The number of aromatic nitrogens is 4. The first kappa shape index (κ1) is 18.8. The Hall–Kier alpha value is -3.58. The third kappa shape index (κ3) is 4.14. The van der Waals surface area contributed by atoms with E-state index in [0.29, 0.717) is 27.7 Å². The molecule has 3 aromatic heterocycles. The summed E-state index contributed by atoms with van der Waals surface area (Å²) in [7, 11) is 0. The molecule has 4 aromatic rings. The molecule has 7 nitrogen and oxygen atoms in total. The Kier molecular flexibility index (Phi) is 5.31. The number of anilines is 1. The van der Waals surface area contributed by atoms with Gasteiger partial charge in [-0.15, -0.1) is 0 Å². The number of amides is 1. The summed E-state index contributed by atoms with van der Waals surface area (Å²) in [4.78, 5) is 25.3. The van der Waals surface area contributed by atoms with Gasteiger partial charge in [0.1, 0.15) is 12.0 Å². The number of aryl methyl sites for hydroxylation is 1. The molecule has 0 aliphatic rings. The minimum absolute atomic E-state index is 0.0988. The van der Waals surface area contributed by atoms with Gasteiger partial charge in [0.05, 0.1) is 23.4 Å². The molecule has 1 aromatic carbocycles. The maximum atomic E-state index is 12.6. The van der Waals surface area contributed by atoms with E-state index >= 15 is 0 Å². The van der Waals surface area contributed by atoms with Crippen LogP contribution < -0.4 is 5.32 Å². The summed E-state index contributed by atoms with van der Waals surface area (Å²) in [5.41, 5.74) is 3.76. The van der Waals surface area contributed by atoms with Crippen molar-refractivity contribution in [3.8, 4) is 22.6 Å². The summed E-state index contributed by atoms with van der Waals surface area (Å²) in [6.45, 7) is 1.89. The number of hydrogen-bond donors (Lipinski definition) is 1. The van der Waals surface area contributed by atoms with E-state index < -0.39 is 0 Å². The Morgan fingerprint density at radius 1 is 1.10 bits per heavy atom. The molecule has 0 aliphatic carbocycles. The fraction of sp³-hybridized carbons (Fsp3) is 0.0952. The van der Waals surface area contributed by atoms with Crippen molar-refractivity contribution in [3.63, 3.8) is 0 Å². The van der Waals surface area contributed by atoms with Gasteiger partial charge in [0.25, 0.3) is 0 Å². The fourth-order valence-electron chi connectivity index (χ4n) is 2.89. The molecule has 144 valence electrons. The van der Waals surface area contributed by atoms with Crippen LogP contribution in [0.4, 0.5) is 5.88 Å². The van der Waals surface area contributed by atoms with Crippen molar-refractivity contribution in [1.29, 1.82) is 0 Å². The second-order valence-corrected chi connectivity index (χ2v) is 6.72. The number of nitrogens with one attached hydrogen (secondary N) is 1. The van der Waals surface area contributed by atoms with Crippen LogP contribution in [0.5, 0.6) is 0 Å². The third-order valence-corrected chi connectivity index (χ3v) is 4.59. The summed E-state index contributed by atoms with van der Waals surface area (Å²) >= 11 is 6.16. The number of carbonyl (C=O) groups excluding carboxylic acids is 1. The zero-order valence-electron chi connectivity index (χ0n) is 15.5. The van der Waals surface area contributed by atoms with Gasteiger partial charge >= 0.3 is 0 Å². The second-order valence-electron chi connectivity index (χ2n) is 6.31. The molecule has 0 saturated heterocycles. The van der Waals surface area contributed by atoms with Gasteiger partial charge in [-0.2, -0.15) is 0 Å². The van der Waals surface area contributed by atoms with Gasteiger partial charge < -0.3 is 4.52 Å². The van der Waals surface area contributed by atoms with Crippen molar-refractivity contribution in [2.24, 2.45) is 0 Å². The number of nitrogens with zero attached hydrogens (tertiary/aromatic N) is 4. The molecule has 0 fully saturated rings. The van der Waals surface area contributed by atoms with E-state index in [1.807, 2.05) is 37.3 Å². The highest BCUT2D eigenvalue weighted by molar-refractivity contribution is 6.31. The molecular weight excluding hydrogens is 390 g/mol. The van der Waals surface area contributed by atoms with Gasteiger partial charge in [0.15, 0.2) is 0 Å². The Morgan fingerprint density at radius 2 is 1.97 bits per heavy atom. The first-order chi connectivity index (χ1) is 14.1. The van der Waals surface area contributed by atoms with Crippen LogP contribution in [-0.2, 0) is 11.2 Å². The topological polar surface area (TPSA) is 93.8 Å². The standard InChI is InChI=1S/C21H16ClN5O2/c1-13-5-4-8-17(25-13)20-19(16-9-10-23-12-24-16)21(29-27-20)26-18(28)11-14-6-2-3-7-15(14)22/h2-10,12H,11H2,1H3,(H,26,28). The zero-order chi connectivity index (χ0) is 20.2. The number of benzene rings is 1. The maximum absolute atomic E-state index is 12.6. The van der Waals surface area contributed by atoms with Gasteiger partial charge in [-0.3, -0.25) is 15.1 Å². The predicted octanol–water partition coefficient (Wildman–Crippen LogP) is 4.34. The highest BCUT2D eigenvalue weighted by Gasteiger charge is 2.23. The number of hydrogen-bond acceptors (Lipinski definition) is 6. The highest BCUT2D eigenvalue weighted by atomic mass is 35.5. The first-order valence-corrected chi connectivity index (χ1v) is 9.23. The van der Waals surface area contributed by atoms with Crippen LogP contribution in [0.3, 0.4) is 0 Å². The Morgan fingerprint density at radius 3 is 2.72 bits per heavy atom. The summed E-state index contributed by atoms with van der Waals surface area (Å²) in [5.74, 6) is -0.0904. The molecule has 4 rings (SSSR count). The lowest BCUT2D eigenvalue weighted by Gasteiger charge is -2.06. The van der Waals surface area contributed by atoms with E-state index in [4.69, 9.17) is 16.1 Å². The van der Waals surface area contributed by atoms with Crippen molar-refractivity contribution in [2.75, 3.05) is 5.32 Å². The molecule has 0 aliphatic heterocycles. The van der Waals surface area contributed by atoms with Gasteiger partial charge in [-0.1, -0.05) is 41.0 Å². The van der Waals surface area contributed by atoms with Gasteiger partial charge in [0, 0.05) is 16.9 Å². The Balaban J connectivity index is 1.70. The summed E-state index contributed by atoms with van der Waals surface area (Å²) in [6.07, 6.45) is 3.13. The zero-order valence-corrected chi connectivity index (χ0v) is 16.2. The summed E-state index contributed by atoms with van der Waals surface area (Å²) in [5, 5.41) is 7.45. The normalized spacial score (nSPS) is 10.7. The Labute approximate surface area is 171 Å². The van der Waals surface area contributed by atoms with E-state index in [-0.39, 0.29) is 18.2 Å². The van der Waals surface area contributed by atoms with E-state index in [1.165, 1.54) is 6.33 Å². The van der Waals surface area contributed by atoms with Crippen LogP contribution in [0.2, 0.25) is 5.02 Å². The third-order valence-electron chi connectivity index (χ3n) is 4.22. The average molecular weight is 406 g/mol. The molecule has 1 amide bonds. The largest absolute Gasteiger partial charge is 0.337 e. The van der Waals surface area contributed by atoms with Crippen LogP contribution in [0.15, 0.2) is 65.6 Å². The van der Waals surface area contributed by atoms with Crippen molar-refractivity contribution < 1.29 is 9.32 Å². The summed E-state index contributed by atoms with van der Waals surface area (Å²) < 4.78 is 5.47. The molecule has 0 unspecified atom stereocenters. The SMILES string of the molecule is Cc1cccc(-c2noc(NC(=O)Cc3ccccc3Cl)c2-c2ccncn2)n1. The fourth-order valence-corrected chi connectivity index (χ4v) is 3.09. The molecule has 1 N–H and O–H groups in total. The van der Waals surface area contributed by atoms with E-state index in [0.717, 1.165) is 11.3 Å². The van der Waals surface area contributed by atoms with Crippen molar-refractivity contribution in [1.82, 2.24) is 20.1 Å².